The molecule has 2 aliphatic carbocycles. The van der Waals surface area contributed by atoms with Gasteiger partial charge in [-0.15, -0.1) is 0 Å². The van der Waals surface area contributed by atoms with Crippen molar-refractivity contribution in [2.45, 2.75) is 93.2 Å². The van der Waals surface area contributed by atoms with E-state index in [1.807, 2.05) is 12.2 Å². The van der Waals surface area contributed by atoms with Gasteiger partial charge in [0.25, 0.3) is 11.8 Å². The number of allylic oxidation sites excluding steroid dienone is 1. The Hall–Kier alpha value is -4.18. The van der Waals surface area contributed by atoms with E-state index in [0.717, 1.165) is 6.42 Å². The molecule has 15 nitrogen and oxygen atoms in total. The van der Waals surface area contributed by atoms with Crippen molar-refractivity contribution in [3.05, 3.63) is 35.5 Å². The van der Waals surface area contributed by atoms with Crippen LogP contribution in [-0.4, -0.2) is 94.3 Å². The van der Waals surface area contributed by atoms with Crippen LogP contribution in [0.5, 0.6) is 11.6 Å². The first-order valence-corrected chi connectivity index (χ1v) is 18.1. The number of benzene rings is 1. The van der Waals surface area contributed by atoms with E-state index in [-0.39, 0.29) is 36.8 Å². The number of carboxylic acid groups (broad SMARTS) is 1. The number of fused-ring (bicyclic) bond motifs is 3. The Morgan fingerprint density at radius 1 is 1.14 bits per heavy atom. The van der Waals surface area contributed by atoms with Crippen LogP contribution in [0, 0.1) is 5.92 Å². The van der Waals surface area contributed by atoms with E-state index in [2.05, 4.69) is 25.3 Å². The van der Waals surface area contributed by atoms with Crippen LogP contribution in [0.1, 0.15) is 64.7 Å². The maximum Gasteiger partial charge on any atom is 0.405 e. The van der Waals surface area contributed by atoms with E-state index < -0.39 is 68.2 Å². The van der Waals surface area contributed by atoms with Gasteiger partial charge in [-0.3, -0.25) is 19.1 Å². The first-order chi connectivity index (χ1) is 23.2. The molecule has 0 unspecified atom stereocenters. The highest BCUT2D eigenvalue weighted by atomic mass is 35.5. The molecule has 4 N–H and O–H groups in total. The number of sulfonamides is 1. The molecule has 3 heterocycles. The predicted octanol–water partition coefficient (Wildman–Crippen LogP) is 2.67. The molecule has 49 heavy (non-hydrogen) atoms. The lowest BCUT2D eigenvalue weighted by atomic mass is 10.1. The molecule has 4 aliphatic rings. The zero-order valence-corrected chi connectivity index (χ0v) is 28.7. The Morgan fingerprint density at radius 3 is 2.63 bits per heavy atom. The summed E-state index contributed by atoms with van der Waals surface area (Å²) in [5, 5.41) is 14.6. The maximum atomic E-state index is 14.1. The number of nitrogens with zero attached hydrogens (tertiary/aromatic N) is 3. The number of carbonyl (C=O) groups excluding carboxylic acids is 3. The Bertz CT molecular complexity index is 1820. The highest BCUT2D eigenvalue weighted by Gasteiger charge is 2.63. The fourth-order valence-corrected chi connectivity index (χ4v) is 7.94. The van der Waals surface area contributed by atoms with E-state index in [0.29, 0.717) is 48.9 Å². The van der Waals surface area contributed by atoms with Crippen LogP contribution in [0.2, 0.25) is 5.15 Å². The quantitative estimate of drug-likeness (QED) is 0.306. The number of hydrogen-bond donors (Lipinski definition) is 4. The van der Waals surface area contributed by atoms with Gasteiger partial charge in [0.1, 0.15) is 29.5 Å². The first kappa shape index (κ1) is 34.7. The smallest absolute Gasteiger partial charge is 0.405 e. The van der Waals surface area contributed by atoms with Crippen molar-refractivity contribution < 1.29 is 42.2 Å². The number of nitrogens with one attached hydrogen (secondary N) is 3. The number of halogens is 1. The van der Waals surface area contributed by atoms with Crippen molar-refractivity contribution >= 4 is 56.5 Å². The van der Waals surface area contributed by atoms with Gasteiger partial charge in [0.2, 0.25) is 21.8 Å². The predicted molar refractivity (Wildman–Crippen MR) is 176 cm³/mol. The van der Waals surface area contributed by atoms with Gasteiger partial charge < -0.3 is 30.1 Å². The highest BCUT2D eigenvalue weighted by molar-refractivity contribution is 7.91. The number of aromatic nitrogens is 2. The van der Waals surface area contributed by atoms with Crippen LogP contribution < -0.4 is 24.8 Å². The normalized spacial score (nSPS) is 28.9. The van der Waals surface area contributed by atoms with Crippen molar-refractivity contribution in [2.75, 3.05) is 13.7 Å². The number of rotatable bonds is 7. The Kier molecular flexibility index (Phi) is 9.39. The Balaban J connectivity index is 1.30. The van der Waals surface area contributed by atoms with Crippen molar-refractivity contribution in [3.63, 3.8) is 0 Å². The van der Waals surface area contributed by atoms with Crippen molar-refractivity contribution in [1.29, 1.82) is 0 Å². The van der Waals surface area contributed by atoms with Gasteiger partial charge in [0.05, 0.1) is 29.4 Å². The van der Waals surface area contributed by atoms with E-state index in [9.17, 15) is 32.7 Å². The van der Waals surface area contributed by atoms with Crippen LogP contribution in [0.15, 0.2) is 30.4 Å². The molecule has 264 valence electrons. The molecule has 2 aromatic rings. The summed E-state index contributed by atoms with van der Waals surface area (Å²) in [5.41, 5.74) is -0.629. The van der Waals surface area contributed by atoms with Crippen LogP contribution >= 0.6 is 11.6 Å². The van der Waals surface area contributed by atoms with Crippen LogP contribution in [0.3, 0.4) is 0 Å². The third kappa shape index (κ3) is 7.11. The topological polar surface area (TPSA) is 206 Å². The molecule has 1 aromatic carbocycles. The van der Waals surface area contributed by atoms with Crippen molar-refractivity contribution in [2.24, 2.45) is 5.92 Å². The molecule has 2 aliphatic heterocycles. The number of hydrogen-bond acceptors (Lipinski definition) is 10. The van der Waals surface area contributed by atoms with E-state index in [4.69, 9.17) is 21.1 Å². The summed E-state index contributed by atoms with van der Waals surface area (Å²) in [6, 6.07) is 2.71. The van der Waals surface area contributed by atoms with Crippen LogP contribution in [-0.2, 0) is 24.4 Å². The van der Waals surface area contributed by atoms with Gasteiger partial charge in [-0.25, -0.2) is 23.2 Å². The van der Waals surface area contributed by atoms with Gasteiger partial charge in [0, 0.05) is 18.4 Å². The summed E-state index contributed by atoms with van der Waals surface area (Å²) in [4.78, 5) is 63.6. The molecule has 0 radical (unpaired) electrons. The minimum atomic E-state index is -4.00. The Morgan fingerprint density at radius 2 is 1.92 bits per heavy atom. The number of carbonyl (C=O) groups is 4. The standard InChI is InChI=1S/C32H39ClN6O9S/c1-31(12-13-31)49(45,46)38-29(42)32-16-18(32)8-6-4-3-5-7-9-22(36-30(43)44)28(41)39-17-20(15-24(39)26(40)37-32)48-27-25(33)34-21-11-10-19(47-2)14-23(21)35-27/h6,8,10-11,14,18,20,22,24,36H,3-5,7,9,12-13,15-17H2,1-2H3,(H,37,40)(H,38,42)(H,43,44)/b8-6-/t18-,20-,22+,24+,32-/m1/s1. The SMILES string of the molecule is COc1ccc2nc(Cl)c(O[C@@H]3C[C@H]4C(=O)N[C@]5(C(=O)NS(=O)(=O)C6(C)CC6)C[C@H]5/C=C\CCCCC[C@H](NC(=O)O)C(=O)N4C3)nc2c1. The van der Waals surface area contributed by atoms with E-state index in [1.54, 1.807) is 25.1 Å². The second kappa shape index (κ2) is 13.3. The Labute approximate surface area is 288 Å². The van der Waals surface area contributed by atoms with E-state index >= 15 is 0 Å². The summed E-state index contributed by atoms with van der Waals surface area (Å²) < 4.78 is 38.6. The minimum absolute atomic E-state index is 0.0368. The number of amides is 4. The van der Waals surface area contributed by atoms with E-state index in [1.165, 1.54) is 12.0 Å². The molecule has 0 spiro atoms. The molecule has 0 bridgehead atoms. The lowest BCUT2D eigenvalue weighted by Crippen LogP contribution is -2.58. The van der Waals surface area contributed by atoms with Gasteiger partial charge in [-0.1, -0.05) is 36.6 Å². The fourth-order valence-electron chi connectivity index (χ4n) is 6.45. The molecule has 3 fully saturated rings. The van der Waals surface area contributed by atoms with Crippen molar-refractivity contribution in [1.82, 2.24) is 30.2 Å². The minimum Gasteiger partial charge on any atom is -0.497 e. The fraction of sp³-hybridized carbons (Fsp3) is 0.562. The van der Waals surface area contributed by atoms with Gasteiger partial charge >= 0.3 is 6.09 Å². The summed E-state index contributed by atoms with van der Waals surface area (Å²) in [7, 11) is -2.49. The monoisotopic (exact) mass is 718 g/mol. The third-order valence-electron chi connectivity index (χ3n) is 9.85. The number of ether oxygens (including phenoxy) is 2. The first-order valence-electron chi connectivity index (χ1n) is 16.3. The van der Waals surface area contributed by atoms with Crippen LogP contribution in [0.25, 0.3) is 11.0 Å². The van der Waals surface area contributed by atoms with Crippen LogP contribution in [0.4, 0.5) is 4.79 Å². The lowest BCUT2D eigenvalue weighted by molar-refractivity contribution is -0.141. The largest absolute Gasteiger partial charge is 0.497 e. The third-order valence-corrected chi connectivity index (χ3v) is 12.3. The lowest BCUT2D eigenvalue weighted by Gasteiger charge is -2.29. The average molecular weight is 719 g/mol. The molecule has 17 heteroatoms. The zero-order valence-electron chi connectivity index (χ0n) is 27.1. The van der Waals surface area contributed by atoms with Gasteiger partial charge in [-0.2, -0.15) is 0 Å². The molecule has 4 amide bonds. The zero-order chi connectivity index (χ0) is 35.1. The highest BCUT2D eigenvalue weighted by Crippen LogP contribution is 2.47. The van der Waals surface area contributed by atoms with Gasteiger partial charge in [0.15, 0.2) is 5.15 Å². The van der Waals surface area contributed by atoms with Crippen molar-refractivity contribution in [3.8, 4) is 11.6 Å². The molecule has 2 saturated carbocycles. The molecule has 1 saturated heterocycles. The average Bonchev–Trinajstić information content (AvgIpc) is 3.93. The second-order valence-corrected chi connectivity index (χ2v) is 15.9. The molecular formula is C32H39ClN6O9S. The second-order valence-electron chi connectivity index (χ2n) is 13.4. The molecular weight excluding hydrogens is 680 g/mol. The van der Waals surface area contributed by atoms with Gasteiger partial charge in [-0.05, 0) is 57.6 Å². The molecule has 6 rings (SSSR count). The molecule has 1 aromatic heterocycles. The summed E-state index contributed by atoms with van der Waals surface area (Å²) in [5.74, 6) is -2.14. The summed E-state index contributed by atoms with van der Waals surface area (Å²) >= 11 is 6.42. The maximum absolute atomic E-state index is 14.1. The molecule has 5 atom stereocenters. The summed E-state index contributed by atoms with van der Waals surface area (Å²) in [6.07, 6.45) is 5.33. The number of methoxy groups -OCH3 is 1. The summed E-state index contributed by atoms with van der Waals surface area (Å²) in [6.45, 7) is 1.43.